The molecule has 4 nitrogen and oxygen atoms in total. The standard InChI is InChI=1S/C15H31N3O/c1-4-6-7-13(5-2)12-18-10-8-15(3,9-11-18)14(16)17-19/h13,19H,4-12H2,1-3H3,(H2,16,17). The molecule has 0 amide bonds. The molecular weight excluding hydrogens is 238 g/mol. The van der Waals surface area contributed by atoms with Crippen LogP contribution in [0.4, 0.5) is 0 Å². The van der Waals surface area contributed by atoms with E-state index in [0.717, 1.165) is 31.8 Å². The van der Waals surface area contributed by atoms with Crippen molar-refractivity contribution in [3.8, 4) is 0 Å². The summed E-state index contributed by atoms with van der Waals surface area (Å²) >= 11 is 0. The predicted molar refractivity (Wildman–Crippen MR) is 80.5 cm³/mol. The fourth-order valence-electron chi connectivity index (χ4n) is 2.89. The fraction of sp³-hybridized carbons (Fsp3) is 0.933. The molecule has 0 radical (unpaired) electrons. The Morgan fingerprint density at radius 3 is 2.47 bits per heavy atom. The van der Waals surface area contributed by atoms with E-state index in [-0.39, 0.29) is 5.41 Å². The van der Waals surface area contributed by atoms with E-state index in [1.807, 2.05) is 0 Å². The molecule has 1 fully saturated rings. The van der Waals surface area contributed by atoms with Gasteiger partial charge in [-0.2, -0.15) is 0 Å². The molecule has 4 heteroatoms. The number of unbranched alkanes of at least 4 members (excludes halogenated alkanes) is 1. The molecule has 0 saturated carbocycles. The Balaban J connectivity index is 2.41. The van der Waals surface area contributed by atoms with Crippen LogP contribution in [0.3, 0.4) is 0 Å². The van der Waals surface area contributed by atoms with E-state index in [4.69, 9.17) is 10.9 Å². The second kappa shape index (κ2) is 7.73. The SMILES string of the molecule is CCCCC(CC)CN1CCC(C)(C(N)=NO)CC1. The first kappa shape index (κ1) is 16.3. The largest absolute Gasteiger partial charge is 0.409 e. The number of nitrogens with two attached hydrogens (primary N) is 1. The molecule has 1 unspecified atom stereocenters. The summed E-state index contributed by atoms with van der Waals surface area (Å²) < 4.78 is 0. The van der Waals surface area contributed by atoms with E-state index in [1.165, 1.54) is 32.2 Å². The van der Waals surface area contributed by atoms with Crippen molar-refractivity contribution in [1.82, 2.24) is 4.90 Å². The van der Waals surface area contributed by atoms with Gasteiger partial charge in [0.05, 0.1) is 0 Å². The molecule has 1 aliphatic rings. The first-order valence-corrected chi connectivity index (χ1v) is 7.76. The average Bonchev–Trinajstić information content (AvgIpc) is 2.44. The molecule has 0 aliphatic carbocycles. The second-order valence-corrected chi connectivity index (χ2v) is 6.26. The van der Waals surface area contributed by atoms with Gasteiger partial charge in [0.15, 0.2) is 0 Å². The molecule has 0 aromatic heterocycles. The number of likely N-dealkylation sites (tertiary alicyclic amines) is 1. The van der Waals surface area contributed by atoms with Crippen LogP contribution in [0, 0.1) is 11.3 Å². The number of amidine groups is 1. The van der Waals surface area contributed by atoms with Crippen molar-refractivity contribution < 1.29 is 5.21 Å². The summed E-state index contributed by atoms with van der Waals surface area (Å²) in [6, 6.07) is 0. The minimum absolute atomic E-state index is 0.115. The summed E-state index contributed by atoms with van der Waals surface area (Å²) in [5.41, 5.74) is 5.69. The number of hydrogen-bond acceptors (Lipinski definition) is 3. The van der Waals surface area contributed by atoms with Gasteiger partial charge in [0.1, 0.15) is 5.84 Å². The highest BCUT2D eigenvalue weighted by Gasteiger charge is 2.34. The van der Waals surface area contributed by atoms with Crippen LogP contribution in [-0.4, -0.2) is 35.6 Å². The lowest BCUT2D eigenvalue weighted by Crippen LogP contribution is -2.46. The third-order valence-corrected chi connectivity index (χ3v) is 4.75. The van der Waals surface area contributed by atoms with Gasteiger partial charge in [-0.1, -0.05) is 45.2 Å². The Labute approximate surface area is 118 Å². The van der Waals surface area contributed by atoms with Crippen molar-refractivity contribution >= 4 is 5.84 Å². The Kier molecular flexibility index (Phi) is 6.63. The van der Waals surface area contributed by atoms with Gasteiger partial charge in [-0.05, 0) is 38.3 Å². The van der Waals surface area contributed by atoms with Crippen molar-refractivity contribution in [2.45, 2.75) is 59.3 Å². The lowest BCUT2D eigenvalue weighted by Gasteiger charge is -2.39. The molecule has 112 valence electrons. The summed E-state index contributed by atoms with van der Waals surface area (Å²) in [5.74, 6) is 1.22. The summed E-state index contributed by atoms with van der Waals surface area (Å²) in [5, 5.41) is 12.1. The van der Waals surface area contributed by atoms with Gasteiger partial charge in [-0.25, -0.2) is 0 Å². The molecule has 19 heavy (non-hydrogen) atoms. The first-order chi connectivity index (χ1) is 9.05. The van der Waals surface area contributed by atoms with Crippen molar-refractivity contribution in [2.24, 2.45) is 22.2 Å². The van der Waals surface area contributed by atoms with Crippen LogP contribution < -0.4 is 5.73 Å². The first-order valence-electron chi connectivity index (χ1n) is 7.76. The van der Waals surface area contributed by atoms with E-state index in [2.05, 4.69) is 30.8 Å². The Morgan fingerprint density at radius 1 is 1.37 bits per heavy atom. The lowest BCUT2D eigenvalue weighted by molar-refractivity contribution is 0.135. The van der Waals surface area contributed by atoms with E-state index in [1.54, 1.807) is 0 Å². The zero-order valence-corrected chi connectivity index (χ0v) is 12.9. The Morgan fingerprint density at radius 2 is 2.00 bits per heavy atom. The van der Waals surface area contributed by atoms with Crippen molar-refractivity contribution in [2.75, 3.05) is 19.6 Å². The molecule has 0 spiro atoms. The van der Waals surface area contributed by atoms with Gasteiger partial charge in [-0.15, -0.1) is 0 Å². The minimum Gasteiger partial charge on any atom is -0.409 e. The zero-order valence-electron chi connectivity index (χ0n) is 12.9. The molecule has 1 aliphatic heterocycles. The van der Waals surface area contributed by atoms with Gasteiger partial charge in [0.2, 0.25) is 0 Å². The summed E-state index contributed by atoms with van der Waals surface area (Å²) in [6.07, 6.45) is 7.24. The number of piperidine rings is 1. The maximum absolute atomic E-state index is 8.85. The van der Waals surface area contributed by atoms with Gasteiger partial charge < -0.3 is 15.8 Å². The normalized spacial score (nSPS) is 22.4. The van der Waals surface area contributed by atoms with E-state index >= 15 is 0 Å². The minimum atomic E-state index is -0.115. The third-order valence-electron chi connectivity index (χ3n) is 4.75. The monoisotopic (exact) mass is 269 g/mol. The second-order valence-electron chi connectivity index (χ2n) is 6.26. The molecule has 1 rings (SSSR count). The molecule has 0 bridgehead atoms. The number of nitrogens with zero attached hydrogens (tertiary/aromatic N) is 2. The molecule has 0 aromatic rings. The molecule has 1 saturated heterocycles. The van der Waals surface area contributed by atoms with Gasteiger partial charge >= 0.3 is 0 Å². The zero-order chi connectivity index (χ0) is 14.3. The molecule has 0 aromatic carbocycles. The third kappa shape index (κ3) is 4.68. The van der Waals surface area contributed by atoms with E-state index in [0.29, 0.717) is 5.84 Å². The topological polar surface area (TPSA) is 61.8 Å². The lowest BCUT2D eigenvalue weighted by atomic mass is 9.79. The van der Waals surface area contributed by atoms with Crippen LogP contribution in [0.1, 0.15) is 59.3 Å². The number of oxime groups is 1. The Hall–Kier alpha value is -0.770. The predicted octanol–water partition coefficient (Wildman–Crippen LogP) is 3.05. The van der Waals surface area contributed by atoms with Gasteiger partial charge in [0, 0.05) is 12.0 Å². The number of rotatable bonds is 7. The van der Waals surface area contributed by atoms with Gasteiger partial charge in [0.25, 0.3) is 0 Å². The van der Waals surface area contributed by atoms with Crippen LogP contribution >= 0.6 is 0 Å². The highest BCUT2D eigenvalue weighted by molar-refractivity contribution is 5.85. The molecular formula is C15H31N3O. The quantitative estimate of drug-likeness (QED) is 0.323. The van der Waals surface area contributed by atoms with Gasteiger partial charge in [-0.3, -0.25) is 0 Å². The van der Waals surface area contributed by atoms with Crippen molar-refractivity contribution in [3.05, 3.63) is 0 Å². The Bertz CT molecular complexity index is 283. The maximum atomic E-state index is 8.85. The molecule has 1 atom stereocenters. The summed E-state index contributed by atoms with van der Waals surface area (Å²) in [4.78, 5) is 2.55. The van der Waals surface area contributed by atoms with Crippen LogP contribution in [0.25, 0.3) is 0 Å². The summed E-state index contributed by atoms with van der Waals surface area (Å²) in [7, 11) is 0. The highest BCUT2D eigenvalue weighted by Crippen LogP contribution is 2.31. The van der Waals surface area contributed by atoms with E-state index in [9.17, 15) is 0 Å². The fourth-order valence-corrected chi connectivity index (χ4v) is 2.89. The van der Waals surface area contributed by atoms with Crippen LogP contribution in [0.5, 0.6) is 0 Å². The van der Waals surface area contributed by atoms with E-state index < -0.39 is 0 Å². The highest BCUT2D eigenvalue weighted by atomic mass is 16.4. The maximum Gasteiger partial charge on any atom is 0.145 e. The summed E-state index contributed by atoms with van der Waals surface area (Å²) in [6.45, 7) is 10.0. The van der Waals surface area contributed by atoms with Crippen LogP contribution in [-0.2, 0) is 0 Å². The smallest absolute Gasteiger partial charge is 0.145 e. The molecule has 1 heterocycles. The molecule has 3 N–H and O–H groups in total. The van der Waals surface area contributed by atoms with Crippen molar-refractivity contribution in [3.63, 3.8) is 0 Å². The van der Waals surface area contributed by atoms with Crippen LogP contribution in [0.15, 0.2) is 5.16 Å². The average molecular weight is 269 g/mol. The number of hydrogen-bond donors (Lipinski definition) is 2. The van der Waals surface area contributed by atoms with Crippen molar-refractivity contribution in [1.29, 1.82) is 0 Å². The van der Waals surface area contributed by atoms with Crippen LogP contribution in [0.2, 0.25) is 0 Å².